The van der Waals surface area contributed by atoms with Crippen LogP contribution in [0.4, 0.5) is 0 Å². The molecule has 0 saturated heterocycles. The summed E-state index contributed by atoms with van der Waals surface area (Å²) in [7, 11) is 0. The molecule has 0 heterocycles. The van der Waals surface area contributed by atoms with Gasteiger partial charge in [0.2, 0.25) is 0 Å². The Kier molecular flexibility index (Phi) is 10.9. The summed E-state index contributed by atoms with van der Waals surface area (Å²) in [6.45, 7) is 5.82. The predicted molar refractivity (Wildman–Crippen MR) is 74.2 cm³/mol. The summed E-state index contributed by atoms with van der Waals surface area (Å²) in [4.78, 5) is 22.9. The Labute approximate surface area is 116 Å². The summed E-state index contributed by atoms with van der Waals surface area (Å²) < 4.78 is 10.0. The number of carbonyl (C=O) groups excluding carboxylic acids is 2. The molecule has 0 aromatic carbocycles. The molecule has 0 radical (unpaired) electrons. The van der Waals surface area contributed by atoms with E-state index in [-0.39, 0.29) is 17.9 Å². The van der Waals surface area contributed by atoms with Crippen LogP contribution in [0, 0.1) is 0 Å². The third-order valence-electron chi connectivity index (χ3n) is 2.63. The van der Waals surface area contributed by atoms with Gasteiger partial charge in [0, 0.05) is 12.8 Å². The van der Waals surface area contributed by atoms with E-state index in [4.69, 9.17) is 9.47 Å². The number of esters is 2. The average molecular weight is 270 g/mol. The van der Waals surface area contributed by atoms with E-state index in [1.807, 2.05) is 0 Å². The lowest BCUT2D eigenvalue weighted by Gasteiger charge is -2.08. The molecule has 0 aromatic rings. The maximum Gasteiger partial charge on any atom is 0.313 e. The molecule has 0 atom stereocenters. The van der Waals surface area contributed by atoms with E-state index in [0.717, 1.165) is 38.5 Å². The Hall–Kier alpha value is -1.32. The standard InChI is InChI=1S/C15H26O4/c1-4-7-9-11-13(16)18-15(6-3)19-14(17)12-10-8-5-2/h6H,4-5,7-12H2,1-3H3. The molecule has 0 aromatic heterocycles. The van der Waals surface area contributed by atoms with E-state index >= 15 is 0 Å². The number of allylic oxidation sites excluding steroid dienone is 1. The Morgan fingerprint density at radius 2 is 1.26 bits per heavy atom. The van der Waals surface area contributed by atoms with Crippen LogP contribution < -0.4 is 0 Å². The molecule has 4 heteroatoms. The van der Waals surface area contributed by atoms with Crippen molar-refractivity contribution in [2.24, 2.45) is 0 Å². The van der Waals surface area contributed by atoms with Gasteiger partial charge in [-0.15, -0.1) is 0 Å². The van der Waals surface area contributed by atoms with Gasteiger partial charge < -0.3 is 9.47 Å². The Morgan fingerprint density at radius 1 is 0.842 bits per heavy atom. The van der Waals surface area contributed by atoms with E-state index in [9.17, 15) is 9.59 Å². The molecular weight excluding hydrogens is 244 g/mol. The first-order chi connectivity index (χ1) is 9.13. The maximum atomic E-state index is 11.5. The number of ether oxygens (including phenoxy) is 2. The molecule has 0 bridgehead atoms. The van der Waals surface area contributed by atoms with E-state index in [1.54, 1.807) is 6.92 Å². The third kappa shape index (κ3) is 10.3. The van der Waals surface area contributed by atoms with Crippen LogP contribution >= 0.6 is 0 Å². The summed E-state index contributed by atoms with van der Waals surface area (Å²) in [6, 6.07) is 0. The fourth-order valence-electron chi connectivity index (χ4n) is 1.50. The molecule has 0 aliphatic carbocycles. The van der Waals surface area contributed by atoms with Crippen molar-refractivity contribution in [3.63, 3.8) is 0 Å². The van der Waals surface area contributed by atoms with Crippen molar-refractivity contribution in [3.8, 4) is 0 Å². The van der Waals surface area contributed by atoms with Crippen molar-refractivity contribution in [1.82, 2.24) is 0 Å². The molecule has 110 valence electrons. The molecule has 19 heavy (non-hydrogen) atoms. The summed E-state index contributed by atoms with van der Waals surface area (Å²) >= 11 is 0. The highest BCUT2D eigenvalue weighted by Crippen LogP contribution is 2.09. The Bertz CT molecular complexity index is 269. The van der Waals surface area contributed by atoms with Crippen molar-refractivity contribution in [2.75, 3.05) is 0 Å². The fraction of sp³-hybridized carbons (Fsp3) is 0.733. The highest BCUT2D eigenvalue weighted by Gasteiger charge is 2.11. The van der Waals surface area contributed by atoms with Gasteiger partial charge in [0.25, 0.3) is 5.95 Å². The van der Waals surface area contributed by atoms with Gasteiger partial charge in [0.15, 0.2) is 0 Å². The van der Waals surface area contributed by atoms with Crippen molar-refractivity contribution in [3.05, 3.63) is 12.0 Å². The first kappa shape index (κ1) is 17.7. The van der Waals surface area contributed by atoms with Crippen molar-refractivity contribution < 1.29 is 19.1 Å². The largest absolute Gasteiger partial charge is 0.393 e. The van der Waals surface area contributed by atoms with Crippen molar-refractivity contribution in [2.45, 2.75) is 72.1 Å². The highest BCUT2D eigenvalue weighted by molar-refractivity contribution is 5.73. The first-order valence-corrected chi connectivity index (χ1v) is 7.21. The highest BCUT2D eigenvalue weighted by atomic mass is 16.7. The SMILES string of the molecule is CC=C(OC(=O)CCCCC)OC(=O)CCCCC. The summed E-state index contributed by atoms with van der Waals surface area (Å²) in [5.74, 6) is -0.686. The number of unbranched alkanes of at least 4 members (excludes halogenated alkanes) is 4. The van der Waals surface area contributed by atoms with Crippen molar-refractivity contribution >= 4 is 11.9 Å². The second kappa shape index (κ2) is 11.8. The molecule has 0 spiro atoms. The molecule has 0 unspecified atom stereocenters. The van der Waals surface area contributed by atoms with Gasteiger partial charge in [-0.2, -0.15) is 0 Å². The number of rotatable bonds is 10. The predicted octanol–water partition coefficient (Wildman–Crippen LogP) is 4.09. The Morgan fingerprint density at radius 3 is 1.58 bits per heavy atom. The quantitative estimate of drug-likeness (QED) is 0.341. The van der Waals surface area contributed by atoms with Gasteiger partial charge in [0.05, 0.1) is 0 Å². The maximum absolute atomic E-state index is 11.5. The summed E-state index contributed by atoms with van der Waals surface area (Å²) in [5.41, 5.74) is 0. The normalized spacial score (nSPS) is 9.84. The van der Waals surface area contributed by atoms with E-state index in [2.05, 4.69) is 13.8 Å². The minimum Gasteiger partial charge on any atom is -0.393 e. The van der Waals surface area contributed by atoms with E-state index < -0.39 is 0 Å². The van der Waals surface area contributed by atoms with Crippen LogP contribution in [-0.4, -0.2) is 11.9 Å². The van der Waals surface area contributed by atoms with Crippen LogP contribution in [0.25, 0.3) is 0 Å². The van der Waals surface area contributed by atoms with Crippen LogP contribution in [0.1, 0.15) is 72.1 Å². The second-order valence-corrected chi connectivity index (χ2v) is 4.47. The lowest BCUT2D eigenvalue weighted by molar-refractivity contribution is -0.154. The smallest absolute Gasteiger partial charge is 0.313 e. The van der Waals surface area contributed by atoms with Crippen LogP contribution in [0.3, 0.4) is 0 Å². The minimum absolute atomic E-state index is 0.00277. The number of carbonyl (C=O) groups is 2. The summed E-state index contributed by atoms with van der Waals surface area (Å²) in [5, 5.41) is 0. The molecule has 4 nitrogen and oxygen atoms in total. The van der Waals surface area contributed by atoms with Gasteiger partial charge in [-0.05, 0) is 25.8 Å². The third-order valence-corrected chi connectivity index (χ3v) is 2.63. The second-order valence-electron chi connectivity index (χ2n) is 4.47. The van der Waals surface area contributed by atoms with Gasteiger partial charge in [-0.25, -0.2) is 0 Å². The molecule has 0 aliphatic rings. The zero-order valence-corrected chi connectivity index (χ0v) is 12.4. The fourth-order valence-corrected chi connectivity index (χ4v) is 1.50. The molecule has 0 saturated carbocycles. The van der Waals surface area contributed by atoms with Crippen molar-refractivity contribution in [1.29, 1.82) is 0 Å². The average Bonchev–Trinajstić information content (AvgIpc) is 2.38. The van der Waals surface area contributed by atoms with Crippen LogP contribution in [0.15, 0.2) is 12.0 Å². The van der Waals surface area contributed by atoms with Gasteiger partial charge >= 0.3 is 11.9 Å². The zero-order chi connectivity index (χ0) is 14.5. The van der Waals surface area contributed by atoms with Gasteiger partial charge in [-0.1, -0.05) is 39.5 Å². The number of hydrogen-bond donors (Lipinski definition) is 0. The van der Waals surface area contributed by atoms with E-state index in [1.165, 1.54) is 6.08 Å². The van der Waals surface area contributed by atoms with E-state index in [0.29, 0.717) is 12.8 Å². The van der Waals surface area contributed by atoms with Crippen LogP contribution in [0.2, 0.25) is 0 Å². The summed E-state index contributed by atoms with van der Waals surface area (Å²) in [6.07, 6.45) is 7.92. The number of hydrogen-bond acceptors (Lipinski definition) is 4. The topological polar surface area (TPSA) is 52.6 Å². The molecular formula is C15H26O4. The molecule has 0 aliphatic heterocycles. The molecule has 0 rings (SSSR count). The van der Waals surface area contributed by atoms with Crippen LogP contribution in [-0.2, 0) is 19.1 Å². The molecule has 0 fully saturated rings. The Balaban J connectivity index is 3.94. The molecule has 0 N–H and O–H groups in total. The van der Waals surface area contributed by atoms with Gasteiger partial charge in [-0.3, -0.25) is 9.59 Å². The lowest BCUT2D eigenvalue weighted by Crippen LogP contribution is -2.11. The first-order valence-electron chi connectivity index (χ1n) is 7.21. The monoisotopic (exact) mass is 270 g/mol. The lowest BCUT2D eigenvalue weighted by atomic mass is 10.2. The van der Waals surface area contributed by atoms with Gasteiger partial charge in [0.1, 0.15) is 0 Å². The molecule has 0 amide bonds. The van der Waals surface area contributed by atoms with Crippen LogP contribution in [0.5, 0.6) is 0 Å². The minimum atomic E-state index is -0.345. The zero-order valence-electron chi connectivity index (χ0n) is 12.4.